The normalized spacial score (nSPS) is 12.4. The average Bonchev–Trinajstić information content (AvgIpc) is 3.46. The van der Waals surface area contributed by atoms with E-state index < -0.39 is 6.10 Å². The maximum absolute atomic E-state index is 12.9. The van der Waals surface area contributed by atoms with E-state index in [0.717, 1.165) is 77.0 Å². The average molecular weight is 1120 g/mol. The van der Waals surface area contributed by atoms with Gasteiger partial charge >= 0.3 is 17.9 Å². The van der Waals surface area contributed by atoms with Gasteiger partial charge in [0.2, 0.25) is 0 Å². The van der Waals surface area contributed by atoms with Crippen molar-refractivity contribution in [2.75, 3.05) is 13.2 Å². The van der Waals surface area contributed by atoms with Crippen molar-refractivity contribution in [2.24, 2.45) is 0 Å². The van der Waals surface area contributed by atoms with Crippen LogP contribution in [0.4, 0.5) is 0 Å². The van der Waals surface area contributed by atoms with Crippen LogP contribution in [-0.4, -0.2) is 37.2 Å². The molecule has 1 atom stereocenters. The molecule has 0 rings (SSSR count). The van der Waals surface area contributed by atoms with E-state index in [4.69, 9.17) is 14.2 Å². The Morgan fingerprint density at radius 1 is 0.250 bits per heavy atom. The molecule has 0 aliphatic heterocycles. The summed E-state index contributed by atoms with van der Waals surface area (Å²) in [4.78, 5) is 38.2. The summed E-state index contributed by atoms with van der Waals surface area (Å²) in [5.41, 5.74) is 0. The van der Waals surface area contributed by atoms with Gasteiger partial charge in [-0.2, -0.15) is 0 Å². The molecular weight excluding hydrogens is 985 g/mol. The predicted molar refractivity (Wildman–Crippen MR) is 348 cm³/mol. The van der Waals surface area contributed by atoms with Gasteiger partial charge in [-0.15, -0.1) is 0 Å². The Labute approximate surface area is 498 Å². The summed E-state index contributed by atoms with van der Waals surface area (Å²) in [7, 11) is 0. The maximum atomic E-state index is 12.9. The molecule has 6 heteroatoms. The van der Waals surface area contributed by atoms with Crippen molar-refractivity contribution in [3.63, 3.8) is 0 Å². The molecule has 0 amide bonds. The largest absolute Gasteiger partial charge is 0.462 e. The van der Waals surface area contributed by atoms with Gasteiger partial charge in [-0.1, -0.05) is 326 Å². The standard InChI is InChI=1S/C74H134O6/c1-4-7-10-13-16-19-21-23-25-27-29-31-33-35-36-37-38-40-41-43-45-47-49-51-53-55-58-61-64-67-73(76)79-70-71(69-78-72(75)66-63-60-57-18-15-12-9-6-3)80-74(77)68-65-62-59-56-54-52-50-48-46-44-42-39-34-32-30-28-26-24-22-20-17-14-11-8-5-2/h21-24,27-30,33,35,71H,4-20,25-26,31-32,34,36-70H2,1-3H3/b23-21-,24-22-,29-27-,30-28-,35-33-. The first kappa shape index (κ1) is 77.1. The van der Waals surface area contributed by atoms with E-state index in [0.29, 0.717) is 19.3 Å². The summed E-state index contributed by atoms with van der Waals surface area (Å²) in [6.07, 6.45) is 88.4. The number of hydrogen-bond acceptors (Lipinski definition) is 6. The van der Waals surface area contributed by atoms with Crippen LogP contribution >= 0.6 is 0 Å². The Morgan fingerprint density at radius 3 is 0.700 bits per heavy atom. The highest BCUT2D eigenvalue weighted by Gasteiger charge is 2.19. The molecule has 0 radical (unpaired) electrons. The summed E-state index contributed by atoms with van der Waals surface area (Å²) in [5.74, 6) is -0.855. The van der Waals surface area contributed by atoms with Crippen LogP contribution in [0.3, 0.4) is 0 Å². The van der Waals surface area contributed by atoms with Gasteiger partial charge < -0.3 is 14.2 Å². The second-order valence-electron chi connectivity index (χ2n) is 23.8. The highest BCUT2D eigenvalue weighted by atomic mass is 16.6. The van der Waals surface area contributed by atoms with Gasteiger partial charge in [0.1, 0.15) is 13.2 Å². The molecule has 0 aromatic carbocycles. The van der Waals surface area contributed by atoms with Gasteiger partial charge in [-0.3, -0.25) is 14.4 Å². The number of carbonyl (C=O) groups is 3. The van der Waals surface area contributed by atoms with Crippen LogP contribution in [0.2, 0.25) is 0 Å². The molecule has 0 aliphatic rings. The third-order valence-corrected chi connectivity index (χ3v) is 15.7. The quantitative estimate of drug-likeness (QED) is 0.0261. The molecule has 0 N–H and O–H groups in total. The fraction of sp³-hybridized carbons (Fsp3) is 0.824. The lowest BCUT2D eigenvalue weighted by Crippen LogP contribution is -2.30. The molecule has 0 saturated heterocycles. The lowest BCUT2D eigenvalue weighted by Gasteiger charge is -2.18. The summed E-state index contributed by atoms with van der Waals surface area (Å²) in [6, 6.07) is 0. The Morgan fingerprint density at radius 2 is 0.450 bits per heavy atom. The molecule has 80 heavy (non-hydrogen) atoms. The zero-order valence-corrected chi connectivity index (χ0v) is 53.6. The number of allylic oxidation sites excluding steroid dienone is 10. The second kappa shape index (κ2) is 68.6. The summed E-state index contributed by atoms with van der Waals surface area (Å²) >= 11 is 0. The Hall–Kier alpha value is -2.89. The minimum Gasteiger partial charge on any atom is -0.462 e. The Kier molecular flexibility index (Phi) is 66.1. The third-order valence-electron chi connectivity index (χ3n) is 15.7. The fourth-order valence-electron chi connectivity index (χ4n) is 10.4. The van der Waals surface area contributed by atoms with Crippen LogP contribution in [0, 0.1) is 0 Å². The summed E-state index contributed by atoms with van der Waals surface area (Å²) in [5, 5.41) is 0. The highest BCUT2D eigenvalue weighted by molar-refractivity contribution is 5.71. The van der Waals surface area contributed by atoms with Crippen LogP contribution in [0.5, 0.6) is 0 Å². The van der Waals surface area contributed by atoms with E-state index in [9.17, 15) is 14.4 Å². The van der Waals surface area contributed by atoms with Gasteiger partial charge in [0.05, 0.1) is 0 Å². The topological polar surface area (TPSA) is 78.9 Å². The van der Waals surface area contributed by atoms with Crippen LogP contribution in [0.25, 0.3) is 0 Å². The lowest BCUT2D eigenvalue weighted by molar-refractivity contribution is -0.167. The smallest absolute Gasteiger partial charge is 0.306 e. The van der Waals surface area contributed by atoms with Crippen LogP contribution in [0.1, 0.15) is 374 Å². The van der Waals surface area contributed by atoms with Gasteiger partial charge in [-0.05, 0) is 89.9 Å². The number of ether oxygens (including phenoxy) is 3. The lowest BCUT2D eigenvalue weighted by atomic mass is 10.0. The SMILES string of the molecule is CCCCCCC/C=C\C/C=C\C/C=C\CCCCCCCCCCCCCCCCC(=O)OCC(COC(=O)CCCCCCCCCC)OC(=O)CCCCCCCCCCCCCCC/C=C\C/C=C\CCCCCCC. The van der Waals surface area contributed by atoms with Crippen molar-refractivity contribution < 1.29 is 28.6 Å². The fourth-order valence-corrected chi connectivity index (χ4v) is 10.4. The molecule has 1 unspecified atom stereocenters. The number of esters is 3. The van der Waals surface area contributed by atoms with Crippen LogP contribution < -0.4 is 0 Å². The minimum absolute atomic E-state index is 0.0705. The van der Waals surface area contributed by atoms with E-state index in [-0.39, 0.29) is 31.1 Å². The molecule has 0 fully saturated rings. The molecule has 0 saturated carbocycles. The molecule has 0 heterocycles. The summed E-state index contributed by atoms with van der Waals surface area (Å²) < 4.78 is 16.9. The first-order valence-corrected chi connectivity index (χ1v) is 35.3. The first-order valence-electron chi connectivity index (χ1n) is 35.3. The Balaban J connectivity index is 4.09. The minimum atomic E-state index is -0.772. The van der Waals surface area contributed by atoms with Crippen LogP contribution in [-0.2, 0) is 28.6 Å². The molecule has 466 valence electrons. The van der Waals surface area contributed by atoms with E-state index in [1.54, 1.807) is 0 Å². The molecule has 0 spiro atoms. The van der Waals surface area contributed by atoms with Crippen molar-refractivity contribution in [2.45, 2.75) is 380 Å². The van der Waals surface area contributed by atoms with Crippen molar-refractivity contribution in [3.8, 4) is 0 Å². The molecule has 0 aliphatic carbocycles. The van der Waals surface area contributed by atoms with E-state index in [1.807, 2.05) is 0 Å². The first-order chi connectivity index (χ1) is 39.5. The zero-order chi connectivity index (χ0) is 57.8. The molecule has 0 aromatic heterocycles. The summed E-state index contributed by atoms with van der Waals surface area (Å²) in [6.45, 7) is 6.64. The van der Waals surface area contributed by atoms with E-state index in [2.05, 4.69) is 81.5 Å². The predicted octanol–water partition coefficient (Wildman–Crippen LogP) is 24.3. The van der Waals surface area contributed by atoms with Gasteiger partial charge in [0.25, 0.3) is 0 Å². The van der Waals surface area contributed by atoms with Gasteiger partial charge in [-0.25, -0.2) is 0 Å². The van der Waals surface area contributed by atoms with Crippen LogP contribution in [0.15, 0.2) is 60.8 Å². The molecular formula is C74H134O6. The monoisotopic (exact) mass is 1120 g/mol. The van der Waals surface area contributed by atoms with E-state index in [1.165, 1.54) is 257 Å². The van der Waals surface area contributed by atoms with Gasteiger partial charge in [0, 0.05) is 19.3 Å². The van der Waals surface area contributed by atoms with Crippen molar-refractivity contribution >= 4 is 17.9 Å². The second-order valence-corrected chi connectivity index (χ2v) is 23.8. The third kappa shape index (κ3) is 65.9. The molecule has 0 aromatic rings. The number of carbonyl (C=O) groups excluding carboxylic acids is 3. The van der Waals surface area contributed by atoms with Crippen molar-refractivity contribution in [1.82, 2.24) is 0 Å². The molecule has 0 bridgehead atoms. The highest BCUT2D eigenvalue weighted by Crippen LogP contribution is 2.18. The van der Waals surface area contributed by atoms with Crippen molar-refractivity contribution in [1.29, 1.82) is 0 Å². The van der Waals surface area contributed by atoms with E-state index >= 15 is 0 Å². The maximum Gasteiger partial charge on any atom is 0.306 e. The number of rotatable bonds is 65. The van der Waals surface area contributed by atoms with Crippen molar-refractivity contribution in [3.05, 3.63) is 60.8 Å². The number of hydrogen-bond donors (Lipinski definition) is 0. The Bertz CT molecular complexity index is 1430. The number of unbranched alkanes of at least 4 members (excludes halogenated alkanes) is 44. The zero-order valence-electron chi connectivity index (χ0n) is 53.6. The van der Waals surface area contributed by atoms with Gasteiger partial charge in [0.15, 0.2) is 6.10 Å². The molecule has 6 nitrogen and oxygen atoms in total.